The van der Waals surface area contributed by atoms with Gasteiger partial charge in [-0.05, 0) is 49.6 Å². The van der Waals surface area contributed by atoms with Crippen molar-refractivity contribution in [2.75, 3.05) is 18.4 Å². The molecule has 2 aromatic rings. The third-order valence-corrected chi connectivity index (χ3v) is 4.92. The van der Waals surface area contributed by atoms with Crippen molar-refractivity contribution in [3.63, 3.8) is 0 Å². The van der Waals surface area contributed by atoms with Crippen molar-refractivity contribution in [2.24, 2.45) is 5.41 Å². The van der Waals surface area contributed by atoms with Crippen LogP contribution in [0.4, 0.5) is 14.9 Å². The van der Waals surface area contributed by atoms with Gasteiger partial charge in [-0.2, -0.15) is 0 Å². The Hall–Kier alpha value is -2.89. The van der Waals surface area contributed by atoms with Crippen LogP contribution in [0, 0.1) is 11.2 Å². The van der Waals surface area contributed by atoms with Crippen molar-refractivity contribution in [2.45, 2.75) is 26.3 Å². The van der Waals surface area contributed by atoms with Crippen LogP contribution in [0.2, 0.25) is 0 Å². The fourth-order valence-electron chi connectivity index (χ4n) is 3.33. The van der Waals surface area contributed by atoms with Gasteiger partial charge in [0.25, 0.3) is 0 Å². The summed E-state index contributed by atoms with van der Waals surface area (Å²) >= 11 is 0. The van der Waals surface area contributed by atoms with E-state index in [-0.39, 0.29) is 17.8 Å². The molecule has 0 spiro atoms. The van der Waals surface area contributed by atoms with E-state index in [2.05, 4.69) is 10.6 Å². The molecule has 1 fully saturated rings. The van der Waals surface area contributed by atoms with E-state index >= 15 is 0 Å². The molecule has 5 nitrogen and oxygen atoms in total. The van der Waals surface area contributed by atoms with Crippen LogP contribution < -0.4 is 10.6 Å². The third-order valence-electron chi connectivity index (χ3n) is 4.92. The normalized spacial score (nSPS) is 19.4. The van der Waals surface area contributed by atoms with Crippen LogP contribution in [-0.4, -0.2) is 29.9 Å². The zero-order valence-electron chi connectivity index (χ0n) is 15.4. The quantitative estimate of drug-likeness (QED) is 0.862. The first-order valence-electron chi connectivity index (χ1n) is 9.10. The molecule has 27 heavy (non-hydrogen) atoms. The average molecular weight is 369 g/mol. The maximum Gasteiger partial charge on any atom is 0.321 e. The van der Waals surface area contributed by atoms with E-state index in [1.54, 1.807) is 4.90 Å². The summed E-state index contributed by atoms with van der Waals surface area (Å²) in [5.41, 5.74) is 0.936. The molecular formula is C21H24FN3O2. The van der Waals surface area contributed by atoms with E-state index in [1.807, 2.05) is 37.3 Å². The molecule has 3 rings (SSSR count). The molecule has 2 aromatic carbocycles. The summed E-state index contributed by atoms with van der Waals surface area (Å²) in [5.74, 6) is -0.403. The van der Waals surface area contributed by atoms with Gasteiger partial charge in [0.15, 0.2) is 0 Å². The highest BCUT2D eigenvalue weighted by molar-refractivity contribution is 5.90. The van der Waals surface area contributed by atoms with E-state index in [4.69, 9.17) is 0 Å². The molecule has 142 valence electrons. The molecule has 0 radical (unpaired) electrons. The number of rotatable bonds is 4. The first-order chi connectivity index (χ1) is 13.0. The lowest BCUT2D eigenvalue weighted by Gasteiger charge is -2.39. The number of carbonyl (C=O) groups is 2. The average Bonchev–Trinajstić information content (AvgIpc) is 2.68. The zero-order chi connectivity index (χ0) is 19.3. The standard InChI is InChI=1S/C21H24FN3O2/c1-21(19(26)23-14-16-6-3-2-4-7-16)12-5-13-25(15-21)20(27)24-18-10-8-17(22)9-11-18/h2-4,6-11H,5,12-15H2,1H3,(H,23,26)(H,24,27). The Kier molecular flexibility index (Phi) is 5.74. The van der Waals surface area contributed by atoms with Gasteiger partial charge < -0.3 is 15.5 Å². The first-order valence-corrected chi connectivity index (χ1v) is 9.10. The van der Waals surface area contributed by atoms with Crippen LogP contribution in [0.25, 0.3) is 0 Å². The SMILES string of the molecule is CC1(C(=O)NCc2ccccc2)CCCN(C(=O)Nc2ccc(F)cc2)C1. The second-order valence-electron chi connectivity index (χ2n) is 7.19. The van der Waals surface area contributed by atoms with Crippen LogP contribution >= 0.6 is 0 Å². The van der Waals surface area contributed by atoms with Crippen molar-refractivity contribution in [3.8, 4) is 0 Å². The number of nitrogens with zero attached hydrogens (tertiary/aromatic N) is 1. The van der Waals surface area contributed by atoms with Gasteiger partial charge in [0.05, 0.1) is 5.41 Å². The molecule has 6 heteroatoms. The molecule has 1 aliphatic heterocycles. The highest BCUT2D eigenvalue weighted by Crippen LogP contribution is 2.30. The Bertz CT molecular complexity index is 795. The molecule has 1 heterocycles. The molecule has 1 atom stereocenters. The highest BCUT2D eigenvalue weighted by Gasteiger charge is 2.39. The molecule has 1 unspecified atom stereocenters. The number of carbonyl (C=O) groups excluding carboxylic acids is 2. The monoisotopic (exact) mass is 369 g/mol. The number of halogens is 1. The molecule has 0 bridgehead atoms. The van der Waals surface area contributed by atoms with Crippen molar-refractivity contribution in [1.82, 2.24) is 10.2 Å². The summed E-state index contributed by atoms with van der Waals surface area (Å²) in [6.07, 6.45) is 1.49. The lowest BCUT2D eigenvalue weighted by Crippen LogP contribution is -2.52. The van der Waals surface area contributed by atoms with Gasteiger partial charge in [-0.3, -0.25) is 4.79 Å². The molecule has 0 aromatic heterocycles. The number of amides is 3. The van der Waals surface area contributed by atoms with Crippen molar-refractivity contribution >= 4 is 17.6 Å². The summed E-state index contributed by atoms with van der Waals surface area (Å²) in [7, 11) is 0. The largest absolute Gasteiger partial charge is 0.351 e. The summed E-state index contributed by atoms with van der Waals surface area (Å²) in [6.45, 7) is 3.30. The number of nitrogens with one attached hydrogen (secondary N) is 2. The van der Waals surface area contributed by atoms with Crippen LogP contribution in [-0.2, 0) is 11.3 Å². The molecular weight excluding hydrogens is 345 g/mol. The van der Waals surface area contributed by atoms with E-state index in [1.165, 1.54) is 24.3 Å². The zero-order valence-corrected chi connectivity index (χ0v) is 15.4. The lowest BCUT2D eigenvalue weighted by molar-refractivity contribution is -0.132. The van der Waals surface area contributed by atoms with Crippen LogP contribution in [0.1, 0.15) is 25.3 Å². The first kappa shape index (κ1) is 18.9. The van der Waals surface area contributed by atoms with Crippen LogP contribution in [0.5, 0.6) is 0 Å². The van der Waals surface area contributed by atoms with Gasteiger partial charge in [0.2, 0.25) is 5.91 Å². The maximum absolute atomic E-state index is 13.0. The number of anilines is 1. The van der Waals surface area contributed by atoms with E-state index in [0.29, 0.717) is 25.3 Å². The fraction of sp³-hybridized carbons (Fsp3) is 0.333. The Balaban J connectivity index is 1.58. The van der Waals surface area contributed by atoms with Crippen molar-refractivity contribution in [3.05, 3.63) is 66.0 Å². The Labute approximate surface area is 158 Å². The van der Waals surface area contributed by atoms with Crippen LogP contribution in [0.15, 0.2) is 54.6 Å². The third kappa shape index (κ3) is 4.84. The number of urea groups is 1. The van der Waals surface area contributed by atoms with E-state index in [0.717, 1.165) is 18.4 Å². The lowest BCUT2D eigenvalue weighted by atomic mass is 9.81. The second-order valence-corrected chi connectivity index (χ2v) is 7.19. The van der Waals surface area contributed by atoms with E-state index in [9.17, 15) is 14.0 Å². The predicted octanol–water partition coefficient (Wildman–Crippen LogP) is 3.78. The Morgan fingerprint density at radius 2 is 1.81 bits per heavy atom. The topological polar surface area (TPSA) is 61.4 Å². The highest BCUT2D eigenvalue weighted by atomic mass is 19.1. The summed E-state index contributed by atoms with van der Waals surface area (Å²) in [4.78, 5) is 26.9. The molecule has 3 amide bonds. The van der Waals surface area contributed by atoms with Gasteiger partial charge in [-0.25, -0.2) is 9.18 Å². The number of hydrogen-bond donors (Lipinski definition) is 2. The van der Waals surface area contributed by atoms with Crippen molar-refractivity contribution < 1.29 is 14.0 Å². The van der Waals surface area contributed by atoms with Gasteiger partial charge in [-0.1, -0.05) is 30.3 Å². The fourth-order valence-corrected chi connectivity index (χ4v) is 3.33. The van der Waals surface area contributed by atoms with Gasteiger partial charge in [0, 0.05) is 25.3 Å². The predicted molar refractivity (Wildman–Crippen MR) is 103 cm³/mol. The Morgan fingerprint density at radius 3 is 2.52 bits per heavy atom. The van der Waals surface area contributed by atoms with Gasteiger partial charge >= 0.3 is 6.03 Å². The maximum atomic E-state index is 13.0. The molecule has 0 saturated carbocycles. The van der Waals surface area contributed by atoms with Crippen molar-refractivity contribution in [1.29, 1.82) is 0 Å². The minimum absolute atomic E-state index is 0.0503. The van der Waals surface area contributed by atoms with Gasteiger partial charge in [0.1, 0.15) is 5.82 Å². The summed E-state index contributed by atoms with van der Waals surface area (Å²) < 4.78 is 13.0. The number of piperidine rings is 1. The number of hydrogen-bond acceptors (Lipinski definition) is 2. The molecule has 2 N–H and O–H groups in total. The second kappa shape index (κ2) is 8.20. The van der Waals surface area contributed by atoms with Crippen LogP contribution in [0.3, 0.4) is 0 Å². The number of benzene rings is 2. The summed E-state index contributed by atoms with van der Waals surface area (Å²) in [5, 5.41) is 5.75. The minimum Gasteiger partial charge on any atom is -0.351 e. The molecule has 1 saturated heterocycles. The Morgan fingerprint density at radius 1 is 1.11 bits per heavy atom. The summed E-state index contributed by atoms with van der Waals surface area (Å²) in [6, 6.07) is 15.1. The molecule has 1 aliphatic rings. The minimum atomic E-state index is -0.632. The van der Waals surface area contributed by atoms with E-state index < -0.39 is 5.41 Å². The van der Waals surface area contributed by atoms with Gasteiger partial charge in [-0.15, -0.1) is 0 Å². The number of likely N-dealkylation sites (tertiary alicyclic amines) is 1. The molecule has 0 aliphatic carbocycles. The smallest absolute Gasteiger partial charge is 0.321 e.